The Morgan fingerprint density at radius 2 is 2.12 bits per heavy atom. The van der Waals surface area contributed by atoms with Crippen LogP contribution in [0.3, 0.4) is 0 Å². The van der Waals surface area contributed by atoms with E-state index in [1.807, 2.05) is 31.2 Å². The van der Waals surface area contributed by atoms with Gasteiger partial charge >= 0.3 is 0 Å². The molecule has 0 unspecified atom stereocenters. The lowest BCUT2D eigenvalue weighted by Gasteiger charge is -2.28. The first-order chi connectivity index (χ1) is 12.6. The van der Waals surface area contributed by atoms with Crippen molar-refractivity contribution in [3.63, 3.8) is 0 Å². The maximum Gasteiger partial charge on any atom is 0.251 e. The molecule has 6 heteroatoms. The molecular formula is C20H25N3O2S. The second-order valence-corrected chi connectivity index (χ2v) is 8.70. The van der Waals surface area contributed by atoms with Gasteiger partial charge in [0.15, 0.2) is 5.82 Å². The largest absolute Gasteiger partial charge is 0.349 e. The van der Waals surface area contributed by atoms with Crippen molar-refractivity contribution >= 4 is 17.7 Å². The minimum Gasteiger partial charge on any atom is -0.349 e. The third kappa shape index (κ3) is 3.80. The van der Waals surface area contributed by atoms with Crippen molar-refractivity contribution in [3.05, 3.63) is 41.5 Å². The predicted molar refractivity (Wildman–Crippen MR) is 101 cm³/mol. The number of nitrogens with one attached hydrogen (secondary N) is 1. The number of benzene rings is 1. The highest BCUT2D eigenvalue weighted by molar-refractivity contribution is 7.98. The molecule has 0 spiro atoms. The summed E-state index contributed by atoms with van der Waals surface area (Å²) in [4.78, 5) is 17.8. The lowest BCUT2D eigenvalue weighted by atomic mass is 9.84. The molecule has 0 saturated heterocycles. The monoisotopic (exact) mass is 371 g/mol. The first-order valence-electron chi connectivity index (χ1n) is 9.41. The van der Waals surface area contributed by atoms with Gasteiger partial charge < -0.3 is 9.84 Å². The second kappa shape index (κ2) is 7.43. The van der Waals surface area contributed by atoms with Crippen LogP contribution in [0.1, 0.15) is 54.7 Å². The quantitative estimate of drug-likeness (QED) is 0.770. The molecule has 138 valence electrons. The maximum atomic E-state index is 12.6. The molecule has 1 aromatic carbocycles. The van der Waals surface area contributed by atoms with E-state index >= 15 is 0 Å². The first kappa shape index (κ1) is 17.6. The summed E-state index contributed by atoms with van der Waals surface area (Å²) in [7, 11) is 0. The average Bonchev–Trinajstić information content (AvgIpc) is 3.37. The highest BCUT2D eigenvalue weighted by Crippen LogP contribution is 2.49. The summed E-state index contributed by atoms with van der Waals surface area (Å²) in [5.41, 5.74) is 0.720. The molecule has 2 bridgehead atoms. The molecule has 2 aromatic rings. The van der Waals surface area contributed by atoms with E-state index in [4.69, 9.17) is 4.52 Å². The van der Waals surface area contributed by atoms with E-state index in [9.17, 15) is 4.79 Å². The average molecular weight is 372 g/mol. The van der Waals surface area contributed by atoms with E-state index in [0.717, 1.165) is 22.3 Å². The van der Waals surface area contributed by atoms with Crippen molar-refractivity contribution in [2.45, 2.75) is 56.2 Å². The molecule has 1 heterocycles. The van der Waals surface area contributed by atoms with Crippen LogP contribution in [0.15, 0.2) is 33.7 Å². The van der Waals surface area contributed by atoms with Crippen LogP contribution < -0.4 is 5.32 Å². The van der Waals surface area contributed by atoms with Crippen LogP contribution in [-0.4, -0.2) is 22.1 Å². The van der Waals surface area contributed by atoms with E-state index in [1.54, 1.807) is 11.8 Å². The number of aromatic nitrogens is 2. The fourth-order valence-corrected chi connectivity index (χ4v) is 5.29. The first-order valence-corrected chi connectivity index (χ1v) is 10.4. The van der Waals surface area contributed by atoms with Gasteiger partial charge in [-0.05, 0) is 75.1 Å². The molecule has 26 heavy (non-hydrogen) atoms. The molecular weight excluding hydrogens is 346 g/mol. The Bertz CT molecular complexity index is 774. The lowest BCUT2D eigenvalue weighted by molar-refractivity contribution is 0.0915. The number of carbonyl (C=O) groups is 1. The minimum absolute atomic E-state index is 0.0318. The van der Waals surface area contributed by atoms with E-state index in [-0.39, 0.29) is 11.9 Å². The number of hydrogen-bond acceptors (Lipinski definition) is 5. The lowest BCUT2D eigenvalue weighted by Crippen LogP contribution is -2.40. The van der Waals surface area contributed by atoms with Crippen LogP contribution in [0.2, 0.25) is 0 Å². The van der Waals surface area contributed by atoms with Crippen LogP contribution in [0, 0.1) is 24.7 Å². The molecule has 1 aromatic heterocycles. The van der Waals surface area contributed by atoms with Crippen LogP contribution >= 0.6 is 11.8 Å². The zero-order valence-corrected chi connectivity index (χ0v) is 16.1. The van der Waals surface area contributed by atoms with Crippen LogP contribution in [-0.2, 0) is 5.75 Å². The van der Waals surface area contributed by atoms with Crippen molar-refractivity contribution < 1.29 is 9.32 Å². The van der Waals surface area contributed by atoms with E-state index in [0.29, 0.717) is 23.4 Å². The summed E-state index contributed by atoms with van der Waals surface area (Å²) < 4.78 is 5.12. The Hall–Kier alpha value is -1.82. The fourth-order valence-electron chi connectivity index (χ4n) is 4.55. The number of hydrogen-bond donors (Lipinski definition) is 1. The molecule has 1 N–H and O–H groups in total. The summed E-state index contributed by atoms with van der Waals surface area (Å²) >= 11 is 1.62. The SMILES string of the molecule is Cc1noc(CSc2ccc(C(=O)N[C@@H](C)[C@@H]3C[C@H]4CC[C@H]3C4)cc2)n1. The molecule has 2 aliphatic rings. The number of rotatable bonds is 6. The Balaban J connectivity index is 1.30. The van der Waals surface area contributed by atoms with Crippen LogP contribution in [0.4, 0.5) is 0 Å². The normalized spacial score (nSPS) is 25.4. The van der Waals surface area contributed by atoms with Gasteiger partial charge in [0.2, 0.25) is 5.89 Å². The van der Waals surface area contributed by atoms with Gasteiger partial charge in [0.1, 0.15) is 0 Å². The number of fused-ring (bicyclic) bond motifs is 2. The molecule has 4 atom stereocenters. The third-order valence-electron chi connectivity index (χ3n) is 5.84. The Labute approximate surface area is 158 Å². The molecule has 2 saturated carbocycles. The molecule has 0 aliphatic heterocycles. The van der Waals surface area contributed by atoms with Gasteiger partial charge in [-0.2, -0.15) is 4.98 Å². The summed E-state index contributed by atoms with van der Waals surface area (Å²) in [5, 5.41) is 7.01. The summed E-state index contributed by atoms with van der Waals surface area (Å²) in [6.07, 6.45) is 5.40. The van der Waals surface area contributed by atoms with E-state index < -0.39 is 0 Å². The number of thioether (sulfide) groups is 1. The number of carbonyl (C=O) groups excluding carboxylic acids is 1. The molecule has 2 aliphatic carbocycles. The molecule has 5 nitrogen and oxygen atoms in total. The van der Waals surface area contributed by atoms with Crippen LogP contribution in [0.25, 0.3) is 0 Å². The highest BCUT2D eigenvalue weighted by atomic mass is 32.2. The Kier molecular flexibility index (Phi) is 5.02. The van der Waals surface area contributed by atoms with Crippen molar-refractivity contribution in [2.24, 2.45) is 17.8 Å². The van der Waals surface area contributed by atoms with Crippen molar-refractivity contribution in [1.82, 2.24) is 15.5 Å². The summed E-state index contributed by atoms with van der Waals surface area (Å²) in [6, 6.07) is 8.00. The van der Waals surface area contributed by atoms with Gasteiger partial charge in [0.25, 0.3) is 5.91 Å². The maximum absolute atomic E-state index is 12.6. The van der Waals surface area contributed by atoms with Gasteiger partial charge in [-0.1, -0.05) is 11.6 Å². The predicted octanol–water partition coefficient (Wildman–Crippen LogP) is 4.22. The van der Waals surface area contributed by atoms with Crippen molar-refractivity contribution in [1.29, 1.82) is 0 Å². The van der Waals surface area contributed by atoms with Gasteiger partial charge in [-0.25, -0.2) is 0 Å². The fraction of sp³-hybridized carbons (Fsp3) is 0.550. The molecule has 4 rings (SSSR count). The summed E-state index contributed by atoms with van der Waals surface area (Å²) in [5.74, 6) is 4.32. The van der Waals surface area contributed by atoms with Gasteiger partial charge in [0, 0.05) is 16.5 Å². The van der Waals surface area contributed by atoms with Crippen molar-refractivity contribution in [2.75, 3.05) is 0 Å². The Morgan fingerprint density at radius 1 is 1.31 bits per heavy atom. The second-order valence-electron chi connectivity index (χ2n) is 7.65. The molecule has 0 radical (unpaired) electrons. The minimum atomic E-state index is 0.0318. The van der Waals surface area contributed by atoms with Crippen LogP contribution in [0.5, 0.6) is 0 Å². The standard InChI is InChI=1S/C20H25N3O2S/c1-12(18-10-14-3-4-16(18)9-14)21-20(24)15-5-7-17(8-6-15)26-11-19-22-13(2)23-25-19/h5-8,12,14,16,18H,3-4,9-11H2,1-2H3,(H,21,24)/t12-,14-,16-,18-/m0/s1. The van der Waals surface area contributed by atoms with Gasteiger partial charge in [-0.3, -0.25) is 4.79 Å². The molecule has 1 amide bonds. The number of nitrogens with zero attached hydrogens (tertiary/aromatic N) is 2. The third-order valence-corrected chi connectivity index (χ3v) is 6.84. The highest BCUT2D eigenvalue weighted by Gasteiger charge is 2.42. The van der Waals surface area contributed by atoms with E-state index in [1.165, 1.54) is 25.7 Å². The van der Waals surface area contributed by atoms with Crippen molar-refractivity contribution in [3.8, 4) is 0 Å². The number of amides is 1. The summed E-state index contributed by atoms with van der Waals surface area (Å²) in [6.45, 7) is 3.97. The number of aryl methyl sites for hydroxylation is 1. The zero-order chi connectivity index (χ0) is 18.1. The van der Waals surface area contributed by atoms with Gasteiger partial charge in [-0.15, -0.1) is 11.8 Å². The van der Waals surface area contributed by atoms with Gasteiger partial charge in [0.05, 0.1) is 5.75 Å². The topological polar surface area (TPSA) is 68.0 Å². The zero-order valence-electron chi connectivity index (χ0n) is 15.3. The smallest absolute Gasteiger partial charge is 0.251 e. The molecule has 2 fully saturated rings. The Morgan fingerprint density at radius 3 is 2.73 bits per heavy atom. The van der Waals surface area contributed by atoms with E-state index in [2.05, 4.69) is 22.4 Å².